The van der Waals surface area contributed by atoms with Crippen molar-refractivity contribution in [2.24, 2.45) is 5.73 Å². The number of nitrogens with one attached hydrogen (secondary N) is 1. The summed E-state index contributed by atoms with van der Waals surface area (Å²) in [6.07, 6.45) is 0. The number of amidine groups is 1. The molecule has 21 heavy (non-hydrogen) atoms. The fraction of sp³-hybridized carbons (Fsp3) is 0.375. The zero-order valence-corrected chi connectivity index (χ0v) is 13.7. The fourth-order valence-corrected chi connectivity index (χ4v) is 2.72. The van der Waals surface area contributed by atoms with Gasteiger partial charge in [0, 0.05) is 16.4 Å². The molecule has 5 heteroatoms. The van der Waals surface area contributed by atoms with E-state index in [0.717, 1.165) is 22.0 Å². The van der Waals surface area contributed by atoms with Crippen LogP contribution >= 0.6 is 11.3 Å². The van der Waals surface area contributed by atoms with Crippen LogP contribution in [-0.2, 0) is 12.0 Å². The van der Waals surface area contributed by atoms with Crippen molar-refractivity contribution in [3.63, 3.8) is 0 Å². The summed E-state index contributed by atoms with van der Waals surface area (Å²) in [4.78, 5) is 4.61. The predicted octanol–water partition coefficient (Wildman–Crippen LogP) is 3.61. The molecule has 0 radical (unpaired) electrons. The molecule has 1 heterocycles. The molecule has 0 aliphatic carbocycles. The summed E-state index contributed by atoms with van der Waals surface area (Å²) in [6.45, 7) is 8.85. The second-order valence-electron chi connectivity index (χ2n) is 6.06. The smallest absolute Gasteiger partial charge is 0.140 e. The molecule has 112 valence electrons. The highest BCUT2D eigenvalue weighted by atomic mass is 32.1. The first-order valence-electron chi connectivity index (χ1n) is 6.80. The first-order valence-corrected chi connectivity index (χ1v) is 7.68. The first-order chi connectivity index (χ1) is 9.77. The Morgan fingerprint density at radius 2 is 2.10 bits per heavy atom. The number of nitrogens with two attached hydrogens (primary N) is 1. The van der Waals surface area contributed by atoms with Crippen LogP contribution < -0.4 is 10.5 Å². The summed E-state index contributed by atoms with van der Waals surface area (Å²) in [7, 11) is 0. The SMILES string of the molecule is Cc1ccc(C(=N)N)cc1OCc1nc(C(C)(C)C)cs1. The van der Waals surface area contributed by atoms with E-state index >= 15 is 0 Å². The van der Waals surface area contributed by atoms with Crippen LogP contribution in [0, 0.1) is 12.3 Å². The van der Waals surface area contributed by atoms with Gasteiger partial charge >= 0.3 is 0 Å². The van der Waals surface area contributed by atoms with Gasteiger partial charge in [0.15, 0.2) is 0 Å². The van der Waals surface area contributed by atoms with Crippen molar-refractivity contribution in [3.8, 4) is 5.75 Å². The van der Waals surface area contributed by atoms with E-state index in [0.29, 0.717) is 12.2 Å². The van der Waals surface area contributed by atoms with E-state index in [9.17, 15) is 0 Å². The molecule has 0 spiro atoms. The van der Waals surface area contributed by atoms with Gasteiger partial charge in [-0.05, 0) is 18.6 Å². The van der Waals surface area contributed by atoms with Gasteiger partial charge in [-0.1, -0.05) is 32.9 Å². The second kappa shape index (κ2) is 5.85. The van der Waals surface area contributed by atoms with Gasteiger partial charge in [0.05, 0.1) is 5.69 Å². The highest BCUT2D eigenvalue weighted by Crippen LogP contribution is 2.25. The summed E-state index contributed by atoms with van der Waals surface area (Å²) in [5.41, 5.74) is 8.34. The van der Waals surface area contributed by atoms with Crippen LogP contribution in [0.5, 0.6) is 5.75 Å². The van der Waals surface area contributed by atoms with Crippen LogP contribution in [0.3, 0.4) is 0 Å². The molecule has 3 N–H and O–H groups in total. The van der Waals surface area contributed by atoms with E-state index in [1.165, 1.54) is 0 Å². The van der Waals surface area contributed by atoms with Gasteiger partial charge in [-0.25, -0.2) is 4.98 Å². The molecule has 1 aromatic heterocycles. The minimum absolute atomic E-state index is 0.0455. The molecule has 0 aliphatic heterocycles. The first kappa shape index (κ1) is 15.5. The van der Waals surface area contributed by atoms with Gasteiger partial charge in [0.25, 0.3) is 0 Å². The average molecular weight is 303 g/mol. The van der Waals surface area contributed by atoms with E-state index in [2.05, 4.69) is 31.1 Å². The minimum atomic E-state index is 0.0455. The van der Waals surface area contributed by atoms with Crippen molar-refractivity contribution in [1.82, 2.24) is 4.98 Å². The van der Waals surface area contributed by atoms with Crippen molar-refractivity contribution in [1.29, 1.82) is 5.41 Å². The van der Waals surface area contributed by atoms with Crippen LogP contribution in [0.1, 0.15) is 42.6 Å². The van der Waals surface area contributed by atoms with Gasteiger partial charge in [-0.15, -0.1) is 11.3 Å². The molecule has 4 nitrogen and oxygen atoms in total. The molecule has 0 saturated carbocycles. The largest absolute Gasteiger partial charge is 0.486 e. The number of rotatable bonds is 4. The Morgan fingerprint density at radius 3 is 2.67 bits per heavy atom. The summed E-state index contributed by atoms with van der Waals surface area (Å²) < 4.78 is 5.84. The number of hydrogen-bond donors (Lipinski definition) is 2. The van der Waals surface area contributed by atoms with Crippen LogP contribution in [0.4, 0.5) is 0 Å². The van der Waals surface area contributed by atoms with E-state index in [1.54, 1.807) is 17.4 Å². The minimum Gasteiger partial charge on any atom is -0.486 e. The quantitative estimate of drug-likeness (QED) is 0.669. The van der Waals surface area contributed by atoms with Crippen molar-refractivity contribution < 1.29 is 4.74 Å². The Morgan fingerprint density at radius 1 is 1.38 bits per heavy atom. The standard InChI is InChI=1S/C16H21N3OS/c1-10-5-6-11(15(17)18)7-12(10)20-8-14-19-13(9-21-14)16(2,3)4/h5-7,9H,8H2,1-4H3,(H3,17,18). The number of thiazole rings is 1. The molecule has 0 amide bonds. The highest BCUT2D eigenvalue weighted by molar-refractivity contribution is 7.09. The molecule has 1 aromatic carbocycles. The maximum atomic E-state index is 7.48. The summed E-state index contributed by atoms with van der Waals surface area (Å²) in [5, 5.41) is 10.5. The van der Waals surface area contributed by atoms with Gasteiger partial charge < -0.3 is 10.5 Å². The molecular formula is C16H21N3OS. The monoisotopic (exact) mass is 303 g/mol. The Labute approximate surface area is 129 Å². The molecule has 0 aliphatic rings. The van der Waals surface area contributed by atoms with E-state index < -0.39 is 0 Å². The van der Waals surface area contributed by atoms with Crippen molar-refractivity contribution in [3.05, 3.63) is 45.4 Å². The third kappa shape index (κ3) is 3.82. The zero-order valence-electron chi connectivity index (χ0n) is 12.9. The molecule has 0 atom stereocenters. The highest BCUT2D eigenvalue weighted by Gasteiger charge is 2.17. The number of aryl methyl sites for hydroxylation is 1. The predicted molar refractivity (Wildman–Crippen MR) is 87.3 cm³/mol. The number of nitrogens with zero attached hydrogens (tertiary/aromatic N) is 1. The summed E-state index contributed by atoms with van der Waals surface area (Å²) in [5.74, 6) is 0.791. The Balaban J connectivity index is 2.11. The molecule has 2 aromatic rings. The summed E-state index contributed by atoms with van der Waals surface area (Å²) >= 11 is 1.61. The number of benzene rings is 1. The molecular weight excluding hydrogens is 282 g/mol. The molecule has 2 rings (SSSR count). The third-order valence-corrected chi connectivity index (χ3v) is 3.99. The molecule has 0 fully saturated rings. The van der Waals surface area contributed by atoms with Gasteiger partial charge in [-0.3, -0.25) is 5.41 Å². The van der Waals surface area contributed by atoms with Crippen LogP contribution in [-0.4, -0.2) is 10.8 Å². The lowest BCUT2D eigenvalue weighted by atomic mass is 9.93. The summed E-state index contributed by atoms with van der Waals surface area (Å²) in [6, 6.07) is 5.54. The molecule has 0 bridgehead atoms. The van der Waals surface area contributed by atoms with E-state index in [-0.39, 0.29) is 11.3 Å². The van der Waals surface area contributed by atoms with Crippen LogP contribution in [0.2, 0.25) is 0 Å². The zero-order chi connectivity index (χ0) is 15.6. The lowest BCUT2D eigenvalue weighted by Gasteiger charge is -2.14. The van der Waals surface area contributed by atoms with Gasteiger partial charge in [0.2, 0.25) is 0 Å². The topological polar surface area (TPSA) is 72.0 Å². The van der Waals surface area contributed by atoms with Crippen molar-refractivity contribution in [2.75, 3.05) is 0 Å². The van der Waals surface area contributed by atoms with Crippen LogP contribution in [0.25, 0.3) is 0 Å². The normalized spacial score (nSPS) is 11.4. The number of ether oxygens (including phenoxy) is 1. The number of hydrogen-bond acceptors (Lipinski definition) is 4. The van der Waals surface area contributed by atoms with Crippen molar-refractivity contribution in [2.45, 2.75) is 39.7 Å². The molecule has 0 saturated heterocycles. The van der Waals surface area contributed by atoms with Crippen molar-refractivity contribution >= 4 is 17.2 Å². The molecule has 0 unspecified atom stereocenters. The fourth-order valence-electron chi connectivity index (χ4n) is 1.78. The number of nitrogen functional groups attached to an aromatic ring is 1. The second-order valence-corrected chi connectivity index (χ2v) is 7.00. The Bertz CT molecular complexity index is 656. The average Bonchev–Trinajstić information content (AvgIpc) is 2.86. The maximum absolute atomic E-state index is 7.48. The van der Waals surface area contributed by atoms with E-state index in [1.807, 2.05) is 19.1 Å². The van der Waals surface area contributed by atoms with Crippen LogP contribution in [0.15, 0.2) is 23.6 Å². The van der Waals surface area contributed by atoms with Gasteiger partial charge in [-0.2, -0.15) is 0 Å². The number of aromatic nitrogens is 1. The van der Waals surface area contributed by atoms with Gasteiger partial charge in [0.1, 0.15) is 23.2 Å². The Hall–Kier alpha value is -1.88. The lowest BCUT2D eigenvalue weighted by Crippen LogP contribution is -2.12. The Kier molecular flexibility index (Phi) is 4.32. The third-order valence-electron chi connectivity index (χ3n) is 3.17. The lowest BCUT2D eigenvalue weighted by molar-refractivity contribution is 0.302. The van der Waals surface area contributed by atoms with E-state index in [4.69, 9.17) is 15.9 Å². The maximum Gasteiger partial charge on any atom is 0.140 e.